The van der Waals surface area contributed by atoms with E-state index in [1.165, 1.54) is 14.0 Å². The molecule has 102 valence electrons. The zero-order chi connectivity index (χ0) is 14.3. The van der Waals surface area contributed by atoms with E-state index in [4.69, 9.17) is 0 Å². The number of rotatable bonds is 5. The third-order valence-corrected chi connectivity index (χ3v) is 2.62. The zero-order valence-corrected chi connectivity index (χ0v) is 10.8. The van der Waals surface area contributed by atoms with E-state index in [1.54, 1.807) is 12.2 Å². The Morgan fingerprint density at radius 2 is 2.05 bits per heavy atom. The normalized spacial score (nSPS) is 13.8. The van der Waals surface area contributed by atoms with Gasteiger partial charge < -0.3 is 10.1 Å². The molecule has 0 aromatic heterocycles. The fourth-order valence-electron chi connectivity index (χ4n) is 1.43. The van der Waals surface area contributed by atoms with Gasteiger partial charge in [-0.2, -0.15) is 0 Å². The van der Waals surface area contributed by atoms with Gasteiger partial charge in [0.15, 0.2) is 0 Å². The number of hydrogen-bond donors (Lipinski definition) is 1. The molecule has 1 N–H and O–H groups in total. The quantitative estimate of drug-likeness (QED) is 0.652. The van der Waals surface area contributed by atoms with E-state index in [0.717, 1.165) is 5.56 Å². The van der Waals surface area contributed by atoms with Gasteiger partial charge in [0.25, 0.3) is 0 Å². The van der Waals surface area contributed by atoms with Crippen molar-refractivity contribution in [3.63, 3.8) is 0 Å². The molecule has 6 heteroatoms. The van der Waals surface area contributed by atoms with Crippen LogP contribution in [0.4, 0.5) is 4.79 Å². The molecule has 0 heterocycles. The Kier molecular flexibility index (Phi) is 5.53. The number of ether oxygens (including phenoxy) is 1. The Balaban J connectivity index is 2.82. The van der Waals surface area contributed by atoms with Gasteiger partial charge in [-0.1, -0.05) is 42.5 Å². The predicted octanol–water partition coefficient (Wildman–Crippen LogP) is 2.09. The van der Waals surface area contributed by atoms with Crippen molar-refractivity contribution in [1.29, 1.82) is 0 Å². The van der Waals surface area contributed by atoms with Crippen LogP contribution in [0, 0.1) is 10.1 Å². The van der Waals surface area contributed by atoms with Crippen molar-refractivity contribution >= 4 is 12.2 Å². The SMILES string of the molecule is COC(=O)N[C@H](/C=C/c1ccccc1)[C@H](C)[N+](=O)[O-]. The van der Waals surface area contributed by atoms with Crippen molar-refractivity contribution in [3.8, 4) is 0 Å². The number of carbonyl (C=O) groups is 1. The van der Waals surface area contributed by atoms with Crippen LogP contribution >= 0.6 is 0 Å². The first-order chi connectivity index (χ1) is 9.04. The van der Waals surface area contributed by atoms with Crippen LogP contribution < -0.4 is 5.32 Å². The van der Waals surface area contributed by atoms with Crippen molar-refractivity contribution in [1.82, 2.24) is 5.32 Å². The summed E-state index contributed by atoms with van der Waals surface area (Å²) in [6.45, 7) is 1.43. The number of methoxy groups -OCH3 is 1. The number of benzene rings is 1. The minimum Gasteiger partial charge on any atom is -0.453 e. The average Bonchev–Trinajstić information content (AvgIpc) is 2.43. The third kappa shape index (κ3) is 4.79. The summed E-state index contributed by atoms with van der Waals surface area (Å²) < 4.78 is 4.46. The maximum absolute atomic E-state index is 11.2. The molecule has 0 spiro atoms. The summed E-state index contributed by atoms with van der Waals surface area (Å²) in [7, 11) is 1.21. The lowest BCUT2D eigenvalue weighted by Crippen LogP contribution is -2.44. The van der Waals surface area contributed by atoms with Crippen LogP contribution in [0.5, 0.6) is 0 Å². The van der Waals surface area contributed by atoms with Crippen LogP contribution in [-0.4, -0.2) is 30.2 Å². The Labute approximate surface area is 111 Å². The van der Waals surface area contributed by atoms with Gasteiger partial charge in [0, 0.05) is 11.8 Å². The summed E-state index contributed by atoms with van der Waals surface area (Å²) in [6.07, 6.45) is 2.61. The third-order valence-electron chi connectivity index (χ3n) is 2.62. The van der Waals surface area contributed by atoms with Crippen LogP contribution in [0.1, 0.15) is 12.5 Å². The Morgan fingerprint density at radius 1 is 1.42 bits per heavy atom. The first kappa shape index (κ1) is 14.7. The molecule has 0 bridgehead atoms. The van der Waals surface area contributed by atoms with E-state index in [-0.39, 0.29) is 0 Å². The van der Waals surface area contributed by atoms with Crippen LogP contribution in [-0.2, 0) is 4.74 Å². The summed E-state index contributed by atoms with van der Waals surface area (Å²) >= 11 is 0. The maximum atomic E-state index is 11.2. The smallest absolute Gasteiger partial charge is 0.407 e. The molecule has 1 aromatic carbocycles. The standard InChI is InChI=1S/C13H16N2O4/c1-10(15(17)18)12(14-13(16)19-2)9-8-11-6-4-3-5-7-11/h3-10,12H,1-2H3,(H,14,16)/b9-8+/t10-,12+/m0/s1. The van der Waals surface area contributed by atoms with Gasteiger partial charge >= 0.3 is 6.09 Å². The Morgan fingerprint density at radius 3 is 2.58 bits per heavy atom. The molecule has 1 aromatic rings. The zero-order valence-electron chi connectivity index (χ0n) is 10.8. The second-order valence-electron chi connectivity index (χ2n) is 3.96. The fourth-order valence-corrected chi connectivity index (χ4v) is 1.43. The second kappa shape index (κ2) is 7.15. The van der Waals surface area contributed by atoms with E-state index in [1.807, 2.05) is 30.3 Å². The van der Waals surface area contributed by atoms with Crippen molar-refractivity contribution in [2.45, 2.75) is 19.0 Å². The monoisotopic (exact) mass is 264 g/mol. The number of nitro groups is 1. The van der Waals surface area contributed by atoms with Gasteiger partial charge in [0.1, 0.15) is 6.04 Å². The molecular formula is C13H16N2O4. The van der Waals surface area contributed by atoms with Crippen molar-refractivity contribution < 1.29 is 14.5 Å². The number of carbonyl (C=O) groups excluding carboxylic acids is 1. The van der Waals surface area contributed by atoms with E-state index in [9.17, 15) is 14.9 Å². The fraction of sp³-hybridized carbons (Fsp3) is 0.308. The minimum atomic E-state index is -0.945. The van der Waals surface area contributed by atoms with Crippen molar-refractivity contribution in [3.05, 3.63) is 52.1 Å². The highest BCUT2D eigenvalue weighted by Crippen LogP contribution is 2.06. The molecule has 0 saturated heterocycles. The molecule has 1 amide bonds. The van der Waals surface area contributed by atoms with Crippen LogP contribution in [0.2, 0.25) is 0 Å². The summed E-state index contributed by atoms with van der Waals surface area (Å²) in [6, 6.07) is 7.65. The molecule has 0 fully saturated rings. The number of nitrogens with zero attached hydrogens (tertiary/aromatic N) is 1. The highest BCUT2D eigenvalue weighted by molar-refractivity contribution is 5.68. The lowest BCUT2D eigenvalue weighted by Gasteiger charge is -2.15. The van der Waals surface area contributed by atoms with Gasteiger partial charge in [-0.05, 0) is 5.56 Å². The second-order valence-corrected chi connectivity index (χ2v) is 3.96. The number of alkyl carbamates (subject to hydrolysis) is 1. The highest BCUT2D eigenvalue weighted by Gasteiger charge is 2.25. The summed E-state index contributed by atoms with van der Waals surface area (Å²) in [5.41, 5.74) is 0.898. The molecule has 0 aliphatic heterocycles. The molecule has 0 saturated carbocycles. The van der Waals surface area contributed by atoms with Gasteiger partial charge in [0.05, 0.1) is 7.11 Å². The molecule has 0 unspecified atom stereocenters. The number of amides is 1. The lowest BCUT2D eigenvalue weighted by atomic mass is 10.1. The predicted molar refractivity (Wildman–Crippen MR) is 71.3 cm³/mol. The van der Waals surface area contributed by atoms with Crippen LogP contribution in [0.15, 0.2) is 36.4 Å². The molecule has 19 heavy (non-hydrogen) atoms. The van der Waals surface area contributed by atoms with Gasteiger partial charge in [-0.25, -0.2) is 4.79 Å². The molecule has 0 aliphatic carbocycles. The summed E-state index contributed by atoms with van der Waals surface area (Å²) in [5.74, 6) is 0. The average molecular weight is 264 g/mol. The van der Waals surface area contributed by atoms with Crippen LogP contribution in [0.3, 0.4) is 0 Å². The Hall–Kier alpha value is -2.37. The lowest BCUT2D eigenvalue weighted by molar-refractivity contribution is -0.520. The maximum Gasteiger partial charge on any atom is 0.407 e. The number of nitrogens with one attached hydrogen (secondary N) is 1. The highest BCUT2D eigenvalue weighted by atomic mass is 16.6. The van der Waals surface area contributed by atoms with Crippen molar-refractivity contribution in [2.75, 3.05) is 7.11 Å². The summed E-state index contributed by atoms with van der Waals surface area (Å²) in [5, 5.41) is 13.2. The van der Waals surface area contributed by atoms with E-state index in [0.29, 0.717) is 0 Å². The molecule has 1 rings (SSSR count). The van der Waals surface area contributed by atoms with Crippen molar-refractivity contribution in [2.24, 2.45) is 0 Å². The van der Waals surface area contributed by atoms with Gasteiger partial charge in [-0.3, -0.25) is 10.1 Å². The largest absolute Gasteiger partial charge is 0.453 e. The van der Waals surface area contributed by atoms with E-state index in [2.05, 4.69) is 10.1 Å². The van der Waals surface area contributed by atoms with E-state index < -0.39 is 23.1 Å². The van der Waals surface area contributed by atoms with E-state index >= 15 is 0 Å². The number of hydrogen-bond acceptors (Lipinski definition) is 4. The molecule has 6 nitrogen and oxygen atoms in total. The molecule has 0 radical (unpaired) electrons. The first-order valence-corrected chi connectivity index (χ1v) is 5.76. The summed E-state index contributed by atoms with van der Waals surface area (Å²) in [4.78, 5) is 21.5. The Bertz CT molecular complexity index is 459. The molecule has 2 atom stereocenters. The molecular weight excluding hydrogens is 248 g/mol. The van der Waals surface area contributed by atoms with Gasteiger partial charge in [0.2, 0.25) is 6.04 Å². The first-order valence-electron chi connectivity index (χ1n) is 5.76. The van der Waals surface area contributed by atoms with Crippen LogP contribution in [0.25, 0.3) is 6.08 Å². The molecule has 0 aliphatic rings. The van der Waals surface area contributed by atoms with Gasteiger partial charge in [-0.15, -0.1) is 0 Å². The minimum absolute atomic E-state index is 0.448. The topological polar surface area (TPSA) is 81.5 Å².